The predicted octanol–water partition coefficient (Wildman–Crippen LogP) is 2.87. The van der Waals surface area contributed by atoms with Crippen molar-refractivity contribution in [1.29, 1.82) is 0 Å². The molecule has 3 aromatic rings. The van der Waals surface area contributed by atoms with Gasteiger partial charge in [-0.3, -0.25) is 4.79 Å². The van der Waals surface area contributed by atoms with E-state index in [1.165, 1.54) is 12.1 Å². The summed E-state index contributed by atoms with van der Waals surface area (Å²) in [6.45, 7) is 4.78. The number of hydrogen-bond acceptors (Lipinski definition) is 4. The molecule has 0 atom stereocenters. The number of aromatic amines is 1. The number of amides is 1. The molecule has 0 radical (unpaired) electrons. The summed E-state index contributed by atoms with van der Waals surface area (Å²) >= 11 is 0. The van der Waals surface area contributed by atoms with Gasteiger partial charge in [0.1, 0.15) is 5.82 Å². The van der Waals surface area contributed by atoms with Crippen molar-refractivity contribution in [2.75, 3.05) is 18.4 Å². The highest BCUT2D eigenvalue weighted by atomic mass is 19.1. The van der Waals surface area contributed by atoms with E-state index >= 15 is 0 Å². The van der Waals surface area contributed by atoms with E-state index < -0.39 is 0 Å². The number of carbonyl (C=O) groups is 1. The molecule has 6 nitrogen and oxygen atoms in total. The van der Waals surface area contributed by atoms with E-state index in [1.54, 1.807) is 6.07 Å². The summed E-state index contributed by atoms with van der Waals surface area (Å²) in [5, 5.41) is 6.80. The van der Waals surface area contributed by atoms with Crippen LogP contribution in [0, 0.1) is 19.7 Å². The number of benzene rings is 1. The van der Waals surface area contributed by atoms with E-state index in [2.05, 4.69) is 25.6 Å². The Morgan fingerprint density at radius 1 is 1.15 bits per heavy atom. The van der Waals surface area contributed by atoms with Crippen LogP contribution in [0.3, 0.4) is 0 Å². The largest absolute Gasteiger partial charge is 0.361 e. The molecular formula is C19H22FN5O. The molecule has 26 heavy (non-hydrogen) atoms. The lowest BCUT2D eigenvalue weighted by atomic mass is 10.1. The topological polar surface area (TPSA) is 82.7 Å². The van der Waals surface area contributed by atoms with Gasteiger partial charge in [-0.2, -0.15) is 0 Å². The van der Waals surface area contributed by atoms with Gasteiger partial charge in [-0.15, -0.1) is 0 Å². The summed E-state index contributed by atoms with van der Waals surface area (Å²) in [6.07, 6.45) is 2.83. The van der Waals surface area contributed by atoms with Gasteiger partial charge >= 0.3 is 0 Å². The maximum absolute atomic E-state index is 13.4. The van der Waals surface area contributed by atoms with E-state index in [0.717, 1.165) is 27.9 Å². The van der Waals surface area contributed by atoms with Gasteiger partial charge in [-0.25, -0.2) is 14.4 Å². The number of halogens is 1. The van der Waals surface area contributed by atoms with Crippen molar-refractivity contribution in [1.82, 2.24) is 20.3 Å². The number of anilines is 1. The van der Waals surface area contributed by atoms with E-state index in [0.29, 0.717) is 31.9 Å². The zero-order valence-corrected chi connectivity index (χ0v) is 14.9. The van der Waals surface area contributed by atoms with Gasteiger partial charge in [-0.1, -0.05) is 0 Å². The minimum absolute atomic E-state index is 0.0482. The second-order valence-corrected chi connectivity index (χ2v) is 6.25. The Kier molecular flexibility index (Phi) is 5.46. The first kappa shape index (κ1) is 17.8. The highest BCUT2D eigenvalue weighted by molar-refractivity contribution is 5.83. The van der Waals surface area contributed by atoms with Crippen LogP contribution >= 0.6 is 0 Å². The number of hydrogen-bond donors (Lipinski definition) is 3. The van der Waals surface area contributed by atoms with Crippen LogP contribution in [0.25, 0.3) is 10.9 Å². The number of fused-ring (bicyclic) bond motifs is 1. The fourth-order valence-corrected chi connectivity index (χ4v) is 2.88. The number of H-pyrrole nitrogens is 1. The number of nitrogens with zero attached hydrogens (tertiary/aromatic N) is 2. The number of aromatic nitrogens is 3. The summed E-state index contributed by atoms with van der Waals surface area (Å²) in [6, 6.07) is 6.55. The van der Waals surface area contributed by atoms with Crippen LogP contribution < -0.4 is 10.6 Å². The maximum Gasteiger partial charge on any atom is 0.223 e. The molecule has 0 aliphatic heterocycles. The second kappa shape index (κ2) is 7.95. The Balaban J connectivity index is 1.43. The lowest BCUT2D eigenvalue weighted by Crippen LogP contribution is -2.27. The van der Waals surface area contributed by atoms with Gasteiger partial charge in [0.25, 0.3) is 0 Å². The summed E-state index contributed by atoms with van der Waals surface area (Å²) < 4.78 is 13.4. The first-order valence-corrected chi connectivity index (χ1v) is 8.59. The fourth-order valence-electron chi connectivity index (χ4n) is 2.88. The van der Waals surface area contributed by atoms with Crippen molar-refractivity contribution >= 4 is 22.8 Å². The molecule has 0 bridgehead atoms. The molecule has 2 aromatic heterocycles. The Morgan fingerprint density at radius 2 is 1.92 bits per heavy atom. The van der Waals surface area contributed by atoms with Gasteiger partial charge in [0, 0.05) is 48.0 Å². The lowest BCUT2D eigenvalue weighted by Gasteiger charge is -2.07. The monoisotopic (exact) mass is 355 g/mol. The standard InChI is InChI=1S/C19H22FN5O/c1-12-9-13(2)25-19(24-12)22-8-6-18(26)21-7-5-14-11-23-17-4-3-15(20)10-16(14)17/h3-4,9-11,23H,5-8H2,1-2H3,(H,21,26)(H,22,24,25). The van der Waals surface area contributed by atoms with Gasteiger partial charge in [-0.05, 0) is 50.1 Å². The molecule has 0 spiro atoms. The minimum Gasteiger partial charge on any atom is -0.361 e. The van der Waals surface area contributed by atoms with Crippen molar-refractivity contribution < 1.29 is 9.18 Å². The number of aryl methyl sites for hydroxylation is 2. The Morgan fingerprint density at radius 3 is 2.69 bits per heavy atom. The maximum atomic E-state index is 13.4. The van der Waals surface area contributed by atoms with Gasteiger partial charge in [0.15, 0.2) is 0 Å². The van der Waals surface area contributed by atoms with Crippen molar-refractivity contribution in [2.45, 2.75) is 26.7 Å². The molecule has 1 aromatic carbocycles. The SMILES string of the molecule is Cc1cc(C)nc(NCCC(=O)NCCc2c[nH]c3ccc(F)cc23)n1. The lowest BCUT2D eigenvalue weighted by molar-refractivity contribution is -0.120. The molecule has 1 amide bonds. The van der Waals surface area contributed by atoms with Crippen molar-refractivity contribution in [3.8, 4) is 0 Å². The third-order valence-electron chi connectivity index (χ3n) is 4.06. The molecule has 136 valence electrons. The molecular weight excluding hydrogens is 333 g/mol. The third kappa shape index (κ3) is 4.56. The molecule has 0 unspecified atom stereocenters. The Hall–Kier alpha value is -2.96. The van der Waals surface area contributed by atoms with Crippen LogP contribution in [0.4, 0.5) is 10.3 Å². The number of rotatable bonds is 7. The van der Waals surface area contributed by atoms with E-state index in [4.69, 9.17) is 0 Å². The van der Waals surface area contributed by atoms with Gasteiger partial charge in [0.2, 0.25) is 11.9 Å². The Labute approximate surface area is 151 Å². The van der Waals surface area contributed by atoms with Crippen molar-refractivity contribution in [2.24, 2.45) is 0 Å². The first-order valence-electron chi connectivity index (χ1n) is 8.59. The average Bonchev–Trinajstić information content (AvgIpc) is 2.96. The number of carbonyl (C=O) groups excluding carboxylic acids is 1. The van der Waals surface area contributed by atoms with E-state index in [-0.39, 0.29) is 11.7 Å². The molecule has 3 N–H and O–H groups in total. The molecule has 0 saturated carbocycles. The normalized spacial score (nSPS) is 10.9. The van der Waals surface area contributed by atoms with E-state index in [9.17, 15) is 9.18 Å². The summed E-state index contributed by atoms with van der Waals surface area (Å²) in [7, 11) is 0. The third-order valence-corrected chi connectivity index (χ3v) is 4.06. The van der Waals surface area contributed by atoms with Crippen molar-refractivity contribution in [3.05, 3.63) is 53.2 Å². The fraction of sp³-hybridized carbons (Fsp3) is 0.316. The molecule has 3 rings (SSSR count). The molecule has 0 aliphatic carbocycles. The molecule has 2 heterocycles. The number of nitrogens with one attached hydrogen (secondary N) is 3. The summed E-state index contributed by atoms with van der Waals surface area (Å²) in [5.74, 6) is 0.228. The highest BCUT2D eigenvalue weighted by Crippen LogP contribution is 2.19. The van der Waals surface area contributed by atoms with Crippen LogP contribution in [-0.4, -0.2) is 33.9 Å². The quantitative estimate of drug-likeness (QED) is 0.609. The molecule has 0 fully saturated rings. The zero-order chi connectivity index (χ0) is 18.5. The summed E-state index contributed by atoms with van der Waals surface area (Å²) in [4.78, 5) is 23.6. The van der Waals surface area contributed by atoms with Crippen LogP contribution in [0.1, 0.15) is 23.4 Å². The smallest absolute Gasteiger partial charge is 0.223 e. The highest BCUT2D eigenvalue weighted by Gasteiger charge is 2.07. The van der Waals surface area contributed by atoms with Crippen LogP contribution in [0.5, 0.6) is 0 Å². The van der Waals surface area contributed by atoms with Crippen molar-refractivity contribution in [3.63, 3.8) is 0 Å². The zero-order valence-electron chi connectivity index (χ0n) is 14.9. The van der Waals surface area contributed by atoms with Crippen LogP contribution in [0.2, 0.25) is 0 Å². The van der Waals surface area contributed by atoms with Crippen LogP contribution in [-0.2, 0) is 11.2 Å². The molecule has 7 heteroatoms. The Bertz CT molecular complexity index is 901. The molecule has 0 aliphatic rings. The van der Waals surface area contributed by atoms with E-state index in [1.807, 2.05) is 26.1 Å². The molecule has 0 saturated heterocycles. The predicted molar refractivity (Wildman–Crippen MR) is 99.6 cm³/mol. The average molecular weight is 355 g/mol. The minimum atomic E-state index is -0.262. The first-order chi connectivity index (χ1) is 12.5. The summed E-state index contributed by atoms with van der Waals surface area (Å²) in [5.41, 5.74) is 3.66. The second-order valence-electron chi connectivity index (χ2n) is 6.25. The van der Waals surface area contributed by atoms with Gasteiger partial charge in [0.05, 0.1) is 0 Å². The van der Waals surface area contributed by atoms with Gasteiger partial charge < -0.3 is 15.6 Å². The van der Waals surface area contributed by atoms with Crippen LogP contribution in [0.15, 0.2) is 30.5 Å².